The summed E-state index contributed by atoms with van der Waals surface area (Å²) in [5.74, 6) is -0.0512. The van der Waals surface area contributed by atoms with Crippen LogP contribution < -0.4 is 10.6 Å². The first-order chi connectivity index (χ1) is 9.65. The number of hydrogen-bond acceptors (Lipinski definition) is 3. The van der Waals surface area contributed by atoms with Crippen LogP contribution in [0, 0.1) is 6.92 Å². The molecule has 0 radical (unpaired) electrons. The molecule has 0 spiro atoms. The summed E-state index contributed by atoms with van der Waals surface area (Å²) >= 11 is 0. The summed E-state index contributed by atoms with van der Waals surface area (Å²) in [6.07, 6.45) is 2.83. The first-order valence-corrected chi connectivity index (χ1v) is 6.77. The van der Waals surface area contributed by atoms with E-state index in [1.165, 1.54) is 5.56 Å². The molecule has 0 bridgehead atoms. The molecule has 20 heavy (non-hydrogen) atoms. The molecule has 5 nitrogen and oxygen atoms in total. The van der Waals surface area contributed by atoms with Gasteiger partial charge in [-0.25, -0.2) is 0 Å². The fourth-order valence-electron chi connectivity index (χ4n) is 2.43. The molecule has 2 heterocycles. The minimum Gasteiger partial charge on any atom is -0.384 e. The van der Waals surface area contributed by atoms with Crippen LogP contribution in [-0.2, 0) is 20.0 Å². The minimum atomic E-state index is -0.0512. The number of amides is 1. The number of carbonyl (C=O) groups excluding carboxylic acids is 1. The number of rotatable bonds is 3. The van der Waals surface area contributed by atoms with E-state index in [1.54, 1.807) is 10.9 Å². The number of nitrogens with zero attached hydrogens (tertiary/aromatic N) is 2. The van der Waals surface area contributed by atoms with E-state index in [1.807, 2.05) is 32.2 Å². The maximum absolute atomic E-state index is 12.2. The van der Waals surface area contributed by atoms with E-state index in [2.05, 4.69) is 15.7 Å². The summed E-state index contributed by atoms with van der Waals surface area (Å²) in [5, 5.41) is 10.4. The largest absolute Gasteiger partial charge is 0.384 e. The highest BCUT2D eigenvalue weighted by molar-refractivity contribution is 5.95. The molecule has 0 unspecified atom stereocenters. The Morgan fingerprint density at radius 2 is 2.35 bits per heavy atom. The molecule has 1 amide bonds. The molecule has 2 N–H and O–H groups in total. The molecule has 0 aliphatic carbocycles. The zero-order valence-electron chi connectivity index (χ0n) is 11.7. The van der Waals surface area contributed by atoms with Gasteiger partial charge in [-0.05, 0) is 31.0 Å². The normalized spacial score (nSPS) is 12.9. The smallest absolute Gasteiger partial charge is 0.251 e. The van der Waals surface area contributed by atoms with Crippen molar-refractivity contribution >= 4 is 11.6 Å². The number of aromatic nitrogens is 2. The van der Waals surface area contributed by atoms with Gasteiger partial charge in [-0.1, -0.05) is 6.07 Å². The molecule has 1 aromatic carbocycles. The number of hydrogen-bond donors (Lipinski definition) is 2. The lowest BCUT2D eigenvalue weighted by Crippen LogP contribution is -2.23. The molecule has 0 saturated heterocycles. The molecule has 1 aliphatic heterocycles. The molecule has 0 atom stereocenters. The third-order valence-corrected chi connectivity index (χ3v) is 3.86. The van der Waals surface area contributed by atoms with Crippen molar-refractivity contribution < 1.29 is 4.79 Å². The van der Waals surface area contributed by atoms with E-state index >= 15 is 0 Å². The summed E-state index contributed by atoms with van der Waals surface area (Å²) in [4.78, 5) is 12.2. The van der Waals surface area contributed by atoms with Crippen LogP contribution in [0.2, 0.25) is 0 Å². The van der Waals surface area contributed by atoms with Crippen LogP contribution in [-0.4, -0.2) is 22.2 Å². The number of nitrogens with one attached hydrogen (secondary N) is 2. The lowest BCUT2D eigenvalue weighted by molar-refractivity contribution is 0.0951. The van der Waals surface area contributed by atoms with Crippen LogP contribution in [0.3, 0.4) is 0 Å². The summed E-state index contributed by atoms with van der Waals surface area (Å²) in [6, 6.07) is 5.84. The van der Waals surface area contributed by atoms with Crippen molar-refractivity contribution in [3.63, 3.8) is 0 Å². The summed E-state index contributed by atoms with van der Waals surface area (Å²) < 4.78 is 1.81. The van der Waals surface area contributed by atoms with Gasteiger partial charge in [-0.2, -0.15) is 5.10 Å². The predicted molar refractivity (Wildman–Crippen MR) is 77.8 cm³/mol. The van der Waals surface area contributed by atoms with Crippen molar-refractivity contribution in [2.24, 2.45) is 7.05 Å². The number of benzene rings is 1. The van der Waals surface area contributed by atoms with Gasteiger partial charge in [0.05, 0.1) is 6.20 Å². The van der Waals surface area contributed by atoms with Crippen molar-refractivity contribution in [2.45, 2.75) is 19.9 Å². The van der Waals surface area contributed by atoms with Crippen molar-refractivity contribution in [3.05, 3.63) is 46.8 Å². The molecular weight excluding hydrogens is 252 g/mol. The second-order valence-electron chi connectivity index (χ2n) is 5.11. The maximum Gasteiger partial charge on any atom is 0.251 e. The van der Waals surface area contributed by atoms with E-state index in [0.29, 0.717) is 12.1 Å². The standard InChI is InChI=1S/C15H18N4O/c1-10-13(9-18-19(10)2)8-17-15(20)12-4-3-11-5-6-16-14(11)7-12/h3-4,7,9,16H,5-6,8H2,1-2H3,(H,17,20). The monoisotopic (exact) mass is 270 g/mol. The molecule has 5 heteroatoms. The van der Waals surface area contributed by atoms with Crippen LogP contribution in [0.1, 0.15) is 27.2 Å². The Morgan fingerprint density at radius 3 is 3.10 bits per heavy atom. The maximum atomic E-state index is 12.2. The second-order valence-corrected chi connectivity index (χ2v) is 5.11. The SMILES string of the molecule is Cc1c(CNC(=O)c2ccc3c(c2)NCC3)cnn1C. The Labute approximate surface area is 118 Å². The van der Waals surface area contributed by atoms with Gasteiger partial charge in [0.25, 0.3) is 5.91 Å². The lowest BCUT2D eigenvalue weighted by Gasteiger charge is -2.07. The minimum absolute atomic E-state index is 0.0512. The number of fused-ring (bicyclic) bond motifs is 1. The molecule has 1 aliphatic rings. The Kier molecular flexibility index (Phi) is 3.18. The zero-order valence-corrected chi connectivity index (χ0v) is 11.7. The van der Waals surface area contributed by atoms with Gasteiger partial charge in [0.15, 0.2) is 0 Å². The van der Waals surface area contributed by atoms with Gasteiger partial charge in [0.1, 0.15) is 0 Å². The summed E-state index contributed by atoms with van der Waals surface area (Å²) in [7, 11) is 1.90. The van der Waals surface area contributed by atoms with Crippen LogP contribution >= 0.6 is 0 Å². The third-order valence-electron chi connectivity index (χ3n) is 3.86. The van der Waals surface area contributed by atoms with Crippen LogP contribution in [0.4, 0.5) is 5.69 Å². The topological polar surface area (TPSA) is 59.0 Å². The summed E-state index contributed by atoms with van der Waals surface area (Å²) in [6.45, 7) is 3.45. The average molecular weight is 270 g/mol. The van der Waals surface area contributed by atoms with Gasteiger partial charge in [-0.15, -0.1) is 0 Å². The highest BCUT2D eigenvalue weighted by Gasteiger charge is 2.13. The lowest BCUT2D eigenvalue weighted by atomic mass is 10.1. The second kappa shape index (κ2) is 5.00. The Balaban J connectivity index is 1.69. The third kappa shape index (κ3) is 2.27. The Bertz CT molecular complexity index is 660. The molecule has 104 valence electrons. The first kappa shape index (κ1) is 12.7. The number of aryl methyl sites for hydroxylation is 1. The van der Waals surface area contributed by atoms with Crippen LogP contribution in [0.15, 0.2) is 24.4 Å². The highest BCUT2D eigenvalue weighted by atomic mass is 16.1. The van der Waals surface area contributed by atoms with E-state index in [4.69, 9.17) is 0 Å². The van der Waals surface area contributed by atoms with Crippen molar-refractivity contribution in [1.82, 2.24) is 15.1 Å². The average Bonchev–Trinajstić information content (AvgIpc) is 3.04. The van der Waals surface area contributed by atoms with Crippen molar-refractivity contribution in [2.75, 3.05) is 11.9 Å². The molecule has 0 saturated carbocycles. The zero-order chi connectivity index (χ0) is 14.1. The fourth-order valence-corrected chi connectivity index (χ4v) is 2.43. The van der Waals surface area contributed by atoms with E-state index in [0.717, 1.165) is 29.9 Å². The number of anilines is 1. The molecule has 1 aromatic heterocycles. The van der Waals surface area contributed by atoms with Crippen LogP contribution in [0.25, 0.3) is 0 Å². The van der Waals surface area contributed by atoms with Gasteiger partial charge in [0.2, 0.25) is 0 Å². The first-order valence-electron chi connectivity index (χ1n) is 6.77. The van der Waals surface area contributed by atoms with Gasteiger partial charge >= 0.3 is 0 Å². The molecular formula is C15H18N4O. The number of carbonyl (C=O) groups is 1. The van der Waals surface area contributed by atoms with Crippen LogP contribution in [0.5, 0.6) is 0 Å². The Hall–Kier alpha value is -2.30. The highest BCUT2D eigenvalue weighted by Crippen LogP contribution is 2.23. The fraction of sp³-hybridized carbons (Fsp3) is 0.333. The van der Waals surface area contributed by atoms with Gasteiger partial charge in [0, 0.05) is 42.6 Å². The summed E-state index contributed by atoms with van der Waals surface area (Å²) in [5.41, 5.74) is 5.17. The van der Waals surface area contributed by atoms with Crippen molar-refractivity contribution in [3.8, 4) is 0 Å². The van der Waals surface area contributed by atoms with E-state index in [9.17, 15) is 4.79 Å². The quantitative estimate of drug-likeness (QED) is 0.891. The van der Waals surface area contributed by atoms with E-state index in [-0.39, 0.29) is 5.91 Å². The van der Waals surface area contributed by atoms with E-state index < -0.39 is 0 Å². The van der Waals surface area contributed by atoms with Gasteiger partial charge in [-0.3, -0.25) is 9.48 Å². The molecule has 2 aromatic rings. The predicted octanol–water partition coefficient (Wildman–Crippen LogP) is 1.63. The molecule has 3 rings (SSSR count). The Morgan fingerprint density at radius 1 is 1.50 bits per heavy atom. The molecule has 0 fully saturated rings. The van der Waals surface area contributed by atoms with Crippen molar-refractivity contribution in [1.29, 1.82) is 0 Å². The van der Waals surface area contributed by atoms with Gasteiger partial charge < -0.3 is 10.6 Å².